The number of carbonyl (C=O) groups is 4. The van der Waals surface area contributed by atoms with Crippen molar-refractivity contribution in [3.63, 3.8) is 0 Å². The molecule has 1 heterocycles. The summed E-state index contributed by atoms with van der Waals surface area (Å²) in [6, 6.07) is -0.991. The number of unbranched alkanes of at least 4 members (excludes halogenated alkanes) is 9. The van der Waals surface area contributed by atoms with Crippen molar-refractivity contribution >= 4 is 23.8 Å². The molecule has 15 heteroatoms. The van der Waals surface area contributed by atoms with E-state index in [1.165, 1.54) is 40.0 Å². The van der Waals surface area contributed by atoms with Gasteiger partial charge in [-0.05, 0) is 76.4 Å². The zero-order valence-electron chi connectivity index (χ0n) is 38.0. The van der Waals surface area contributed by atoms with Gasteiger partial charge in [0.2, 0.25) is 12.0 Å². The Morgan fingerprint density at radius 1 is 0.934 bits per heavy atom. The first kappa shape index (κ1) is 56.9. The molecule has 6 N–H and O–H groups in total. The van der Waals surface area contributed by atoms with E-state index >= 15 is 0 Å². The minimum atomic E-state index is -1.80. The molecule has 1 aliphatic heterocycles. The average Bonchev–Trinajstić information content (AvgIpc) is 3.16. The maximum absolute atomic E-state index is 14.4. The molecule has 4 rings (SSSR count). The topological polar surface area (TPSA) is 201 Å². The van der Waals surface area contributed by atoms with E-state index in [2.05, 4.69) is 41.9 Å². The van der Waals surface area contributed by atoms with Crippen molar-refractivity contribution in [2.45, 2.75) is 193 Å². The van der Waals surface area contributed by atoms with Crippen molar-refractivity contribution in [1.29, 1.82) is 0 Å². The van der Waals surface area contributed by atoms with Crippen molar-refractivity contribution in [2.24, 2.45) is 22.7 Å². The van der Waals surface area contributed by atoms with Gasteiger partial charge in [0.15, 0.2) is 5.78 Å². The number of nitrogens with one attached hydrogen (secondary N) is 2. The summed E-state index contributed by atoms with van der Waals surface area (Å²) < 4.78 is 17.2. The number of allylic oxidation sites excluding steroid dienone is 4. The van der Waals surface area contributed by atoms with Crippen LogP contribution in [0.1, 0.15) is 145 Å². The summed E-state index contributed by atoms with van der Waals surface area (Å²) in [5.41, 5.74) is -5.73. The SMILES string of the molecule is CCCCC/C=C\C/C=C\CCCCCCCCNC(=O)O[C@@H](C(=O)O[C@H]1C[C@@]2(O)[C@@H](C)[C@@H]3[C@]4(O)CO[C@@H]4C[C@H](O)[C@@]3(C)C(=O)[C@H](O)C(=C1C)C2(C)C)[C@H](C)NC(C)=O.[Ac].[Ac]. The third-order valence-electron chi connectivity index (χ3n) is 14.1. The number of fused-ring (bicyclic) bond motifs is 5. The van der Waals surface area contributed by atoms with Crippen molar-refractivity contribution in [1.82, 2.24) is 10.6 Å². The average molecular weight is 1290 g/mol. The zero-order valence-corrected chi connectivity index (χ0v) is 47.5. The molecule has 3 fully saturated rings. The van der Waals surface area contributed by atoms with Crippen LogP contribution in [0, 0.1) is 111 Å². The smallest absolute Gasteiger partial charge is 0.408 e. The summed E-state index contributed by atoms with van der Waals surface area (Å²) in [5.74, 6) is -4.04. The Balaban J connectivity index is 0.00000641. The van der Waals surface area contributed by atoms with E-state index in [0.29, 0.717) is 12.1 Å². The van der Waals surface area contributed by atoms with Crippen LogP contribution in [0.15, 0.2) is 35.5 Å². The van der Waals surface area contributed by atoms with E-state index in [0.717, 1.165) is 57.8 Å². The van der Waals surface area contributed by atoms with Crippen LogP contribution in [0.2, 0.25) is 0 Å². The van der Waals surface area contributed by atoms with Gasteiger partial charge in [-0.3, -0.25) is 9.59 Å². The molecule has 340 valence electrons. The Bertz CT molecular complexity index is 1590. The first-order chi connectivity index (χ1) is 27.8. The zero-order chi connectivity index (χ0) is 43.8. The summed E-state index contributed by atoms with van der Waals surface area (Å²) in [6.45, 7) is 13.5. The van der Waals surface area contributed by atoms with Crippen LogP contribution in [0.4, 0.5) is 4.79 Å². The molecule has 4 aliphatic rings. The second kappa shape index (κ2) is 25.1. The summed E-state index contributed by atoms with van der Waals surface area (Å²) in [6.07, 6.45) is 14.4. The first-order valence-electron chi connectivity index (χ1n) is 22.2. The standard InChI is InChI=1S/C46H74N2O11.2Ac/c1-9-10-11-12-13-14-15-16-17-18-19-20-21-22-23-24-25-47-42(54)59-38(31(4)48-32(5)49)41(53)58-33-27-46(56)30(3)39-44(8,34(50)26-35-45(39,55)28-57-35)40(52)37(51)36(29(33)2)43(46,6)7;;/h13-14,16-17,30-31,33-35,37-39,50-51,55-56H,9-12,15,18-28H2,1-8H3,(H,47,54)(H,48,49);;/b14-13-,17-16-;;/t30-,31-,33-,34-,35+,37+,38+,39-,44+,45-,46+;;/m0../s1. The van der Waals surface area contributed by atoms with Gasteiger partial charge in [-0.15, -0.1) is 0 Å². The van der Waals surface area contributed by atoms with Crippen LogP contribution >= 0.6 is 0 Å². The van der Waals surface area contributed by atoms with Crippen molar-refractivity contribution in [3.05, 3.63) is 35.5 Å². The van der Waals surface area contributed by atoms with E-state index < -0.39 is 94.2 Å². The van der Waals surface area contributed by atoms with Crippen molar-refractivity contribution in [2.75, 3.05) is 13.2 Å². The van der Waals surface area contributed by atoms with Gasteiger partial charge in [-0.1, -0.05) is 90.5 Å². The number of esters is 1. The fourth-order valence-corrected chi connectivity index (χ4v) is 10.5. The van der Waals surface area contributed by atoms with Gasteiger partial charge in [0.25, 0.3) is 0 Å². The second-order valence-corrected chi connectivity index (χ2v) is 18.5. The van der Waals surface area contributed by atoms with E-state index in [-0.39, 0.29) is 113 Å². The minimum absolute atomic E-state index is 0. The molecule has 0 aromatic carbocycles. The number of hydrogen-bond donors (Lipinski definition) is 6. The van der Waals surface area contributed by atoms with Crippen LogP contribution in [0.5, 0.6) is 0 Å². The van der Waals surface area contributed by atoms with Gasteiger partial charge < -0.3 is 45.3 Å². The molecule has 0 spiro atoms. The van der Waals surface area contributed by atoms with Gasteiger partial charge in [-0.2, -0.15) is 0 Å². The van der Waals surface area contributed by atoms with Crippen LogP contribution in [0.3, 0.4) is 0 Å². The normalized spacial score (nSPS) is 32.5. The molecule has 13 nitrogen and oxygen atoms in total. The molecule has 0 unspecified atom stereocenters. The number of alkyl carbamates (subject to hydrolysis) is 1. The third-order valence-corrected chi connectivity index (χ3v) is 14.1. The quantitative estimate of drug-likeness (QED) is 0.0482. The number of amides is 2. The number of ketones is 1. The number of hydrogen-bond acceptors (Lipinski definition) is 11. The van der Waals surface area contributed by atoms with E-state index in [1.54, 1.807) is 27.7 Å². The maximum atomic E-state index is 14.4. The monoisotopic (exact) mass is 1280 g/mol. The molecule has 2 saturated carbocycles. The third kappa shape index (κ3) is 12.8. The number of rotatable bonds is 20. The van der Waals surface area contributed by atoms with Crippen molar-refractivity contribution < 1.29 is 142 Å². The molecule has 1 saturated heterocycles. The molecule has 2 amide bonds. The molecular weight excluding hydrogens is 1210 g/mol. The van der Waals surface area contributed by atoms with E-state index in [4.69, 9.17) is 14.2 Å². The summed E-state index contributed by atoms with van der Waals surface area (Å²) in [7, 11) is 0. The minimum Gasteiger partial charge on any atom is -0.455 e. The van der Waals surface area contributed by atoms with Crippen LogP contribution in [0.25, 0.3) is 0 Å². The van der Waals surface area contributed by atoms with E-state index in [9.17, 15) is 39.6 Å². The number of carbonyl (C=O) groups excluding carboxylic acids is 4. The number of ether oxygens (including phenoxy) is 3. The molecular formula is C46H74Ac2N2O11. The molecule has 2 radical (unpaired) electrons. The molecule has 0 aromatic heterocycles. The second-order valence-electron chi connectivity index (χ2n) is 18.5. The number of aliphatic hydroxyl groups is 4. The molecule has 3 aliphatic carbocycles. The number of Topliss-reactive ketones (excluding diaryl/α,β-unsaturated/α-hetero) is 1. The maximum Gasteiger partial charge on any atom is 0.408 e. The molecule has 61 heavy (non-hydrogen) atoms. The predicted molar refractivity (Wildman–Crippen MR) is 224 cm³/mol. The van der Waals surface area contributed by atoms with Gasteiger partial charge >= 0.3 is 12.1 Å². The summed E-state index contributed by atoms with van der Waals surface area (Å²) in [5, 5.41) is 53.4. The van der Waals surface area contributed by atoms with Crippen LogP contribution in [-0.4, -0.2) is 105 Å². The Labute approximate surface area is 435 Å². The summed E-state index contributed by atoms with van der Waals surface area (Å²) in [4.78, 5) is 53.4. The fourth-order valence-electron chi connectivity index (χ4n) is 10.5. The summed E-state index contributed by atoms with van der Waals surface area (Å²) >= 11 is 0. The molecule has 0 aromatic rings. The van der Waals surface area contributed by atoms with Gasteiger partial charge in [0.05, 0.1) is 35.9 Å². The Morgan fingerprint density at radius 2 is 1.52 bits per heavy atom. The number of aliphatic hydroxyl groups excluding tert-OH is 2. The fraction of sp³-hybridized carbons (Fsp3) is 0.783. The largest absolute Gasteiger partial charge is 0.455 e. The van der Waals surface area contributed by atoms with Crippen LogP contribution in [-0.2, 0) is 28.6 Å². The first-order valence-corrected chi connectivity index (χ1v) is 22.2. The molecule has 11 atom stereocenters. The van der Waals surface area contributed by atoms with Crippen LogP contribution < -0.4 is 10.6 Å². The van der Waals surface area contributed by atoms with Gasteiger partial charge in [0, 0.05) is 126 Å². The van der Waals surface area contributed by atoms with Gasteiger partial charge in [-0.25, -0.2) is 9.59 Å². The van der Waals surface area contributed by atoms with Crippen molar-refractivity contribution in [3.8, 4) is 0 Å². The molecule has 2 bridgehead atoms. The Hall–Kier alpha value is -0.217. The predicted octanol–water partition coefficient (Wildman–Crippen LogP) is 5.91. The van der Waals surface area contributed by atoms with E-state index in [1.807, 2.05) is 0 Å². The Kier molecular flexibility index (Phi) is 23.4. The van der Waals surface area contributed by atoms with Gasteiger partial charge in [0.1, 0.15) is 17.8 Å². The Morgan fingerprint density at radius 3 is 2.10 bits per heavy atom.